The SMILES string of the molecule is COC(=O)[C@@H]1[C@H]2C[C@H]3c4[nH]c5ccccc5c4CCN3C[C@@H]2CC[C@@H]1C. The van der Waals surface area contributed by atoms with Crippen LogP contribution in [-0.2, 0) is 16.0 Å². The fourth-order valence-electron chi connectivity index (χ4n) is 6.11. The number of nitrogens with zero attached hydrogens (tertiary/aromatic N) is 1. The van der Waals surface area contributed by atoms with Gasteiger partial charge in [0.25, 0.3) is 0 Å². The number of nitrogens with one attached hydrogen (secondary N) is 1. The fourth-order valence-corrected chi connectivity index (χ4v) is 6.11. The van der Waals surface area contributed by atoms with Crippen LogP contribution in [0.1, 0.15) is 43.5 Å². The van der Waals surface area contributed by atoms with Crippen molar-refractivity contribution in [3.63, 3.8) is 0 Å². The lowest BCUT2D eigenvalue weighted by Gasteiger charge is -2.51. The number of fused-ring (bicyclic) bond motifs is 6. The Hall–Kier alpha value is -1.81. The number of ether oxygens (including phenoxy) is 1. The van der Waals surface area contributed by atoms with Gasteiger partial charge in [0.15, 0.2) is 0 Å². The molecule has 3 aliphatic rings. The molecule has 2 aliphatic heterocycles. The van der Waals surface area contributed by atoms with Crippen LogP contribution < -0.4 is 0 Å². The standard InChI is InChI=1S/C22H28N2O2/c1-13-7-8-14-12-24-10-9-16-15-5-3-4-6-18(15)23-21(16)19(24)11-17(14)20(13)22(25)26-2/h3-6,13-14,17,19-20,23H,7-12H2,1-2H3/t13-,14-,17-,19-,20-/m0/s1. The molecular formula is C22H28N2O2. The third-order valence-electron chi connectivity index (χ3n) is 7.38. The highest BCUT2D eigenvalue weighted by Gasteiger charge is 2.48. The number of carbonyl (C=O) groups excluding carboxylic acids is 1. The highest BCUT2D eigenvalue weighted by Crippen LogP contribution is 2.50. The minimum atomic E-state index is 0.00771. The van der Waals surface area contributed by atoms with Gasteiger partial charge in [0.2, 0.25) is 0 Å². The molecule has 4 nitrogen and oxygen atoms in total. The maximum absolute atomic E-state index is 12.5. The third kappa shape index (κ3) is 2.34. The van der Waals surface area contributed by atoms with Crippen molar-refractivity contribution in [1.29, 1.82) is 0 Å². The van der Waals surface area contributed by atoms with E-state index in [0.29, 0.717) is 23.8 Å². The summed E-state index contributed by atoms with van der Waals surface area (Å²) >= 11 is 0. The molecule has 0 unspecified atom stereocenters. The molecule has 5 rings (SSSR count). The lowest BCUT2D eigenvalue weighted by Crippen LogP contribution is -2.51. The van der Waals surface area contributed by atoms with Crippen molar-refractivity contribution in [2.75, 3.05) is 20.2 Å². The summed E-state index contributed by atoms with van der Waals surface area (Å²) in [4.78, 5) is 18.9. The molecule has 0 spiro atoms. The number of aromatic nitrogens is 1. The molecule has 5 atom stereocenters. The van der Waals surface area contributed by atoms with Gasteiger partial charge < -0.3 is 9.72 Å². The minimum absolute atomic E-state index is 0.00771. The number of hydrogen-bond donors (Lipinski definition) is 1. The number of hydrogen-bond acceptors (Lipinski definition) is 3. The molecule has 26 heavy (non-hydrogen) atoms. The van der Waals surface area contributed by atoms with Crippen LogP contribution in [0.2, 0.25) is 0 Å². The van der Waals surface area contributed by atoms with Crippen LogP contribution >= 0.6 is 0 Å². The number of esters is 1. The summed E-state index contributed by atoms with van der Waals surface area (Å²) in [5.74, 6) is 1.59. The van der Waals surface area contributed by atoms with E-state index >= 15 is 0 Å². The van der Waals surface area contributed by atoms with Gasteiger partial charge in [-0.25, -0.2) is 0 Å². The lowest BCUT2D eigenvalue weighted by atomic mass is 9.62. The van der Waals surface area contributed by atoms with Crippen molar-refractivity contribution >= 4 is 16.9 Å². The first-order valence-electron chi connectivity index (χ1n) is 10.1. The van der Waals surface area contributed by atoms with E-state index in [-0.39, 0.29) is 11.9 Å². The summed E-state index contributed by atoms with van der Waals surface area (Å²) in [5, 5.41) is 1.38. The van der Waals surface area contributed by atoms with E-state index in [1.54, 1.807) is 7.11 Å². The van der Waals surface area contributed by atoms with Gasteiger partial charge in [-0.3, -0.25) is 9.69 Å². The van der Waals surface area contributed by atoms with Crippen molar-refractivity contribution in [3.8, 4) is 0 Å². The molecule has 4 heteroatoms. The number of aromatic amines is 1. The Labute approximate surface area is 154 Å². The van der Waals surface area contributed by atoms with Crippen molar-refractivity contribution in [2.45, 2.75) is 38.6 Å². The Bertz CT molecular complexity index is 842. The monoisotopic (exact) mass is 352 g/mol. The third-order valence-corrected chi connectivity index (χ3v) is 7.38. The fraction of sp³-hybridized carbons (Fsp3) is 0.591. The summed E-state index contributed by atoms with van der Waals surface area (Å²) < 4.78 is 5.20. The van der Waals surface area contributed by atoms with Crippen LogP contribution in [0.3, 0.4) is 0 Å². The molecule has 1 aromatic carbocycles. The molecular weight excluding hydrogens is 324 g/mol. The topological polar surface area (TPSA) is 45.3 Å². The first-order chi connectivity index (χ1) is 12.7. The second kappa shape index (κ2) is 6.12. The molecule has 1 N–H and O–H groups in total. The van der Waals surface area contributed by atoms with E-state index in [0.717, 1.165) is 32.4 Å². The zero-order valence-corrected chi connectivity index (χ0v) is 15.7. The molecule has 1 saturated carbocycles. The Balaban J connectivity index is 1.52. The molecule has 1 aromatic heterocycles. The van der Waals surface area contributed by atoms with Crippen LogP contribution in [0, 0.1) is 23.7 Å². The Morgan fingerprint density at radius 1 is 1.27 bits per heavy atom. The predicted molar refractivity (Wildman–Crippen MR) is 102 cm³/mol. The van der Waals surface area contributed by atoms with Crippen LogP contribution in [0.25, 0.3) is 10.9 Å². The first-order valence-corrected chi connectivity index (χ1v) is 10.1. The number of benzene rings is 1. The lowest BCUT2D eigenvalue weighted by molar-refractivity contribution is -0.155. The second-order valence-corrected chi connectivity index (χ2v) is 8.59. The molecule has 0 bridgehead atoms. The number of para-hydroxylation sites is 1. The molecule has 2 fully saturated rings. The maximum atomic E-state index is 12.5. The normalized spacial score (nSPS) is 34.0. The van der Waals surface area contributed by atoms with Gasteiger partial charge in [-0.15, -0.1) is 0 Å². The predicted octanol–water partition coefficient (Wildman–Crippen LogP) is 3.92. The quantitative estimate of drug-likeness (QED) is 0.791. The summed E-state index contributed by atoms with van der Waals surface area (Å²) in [7, 11) is 1.55. The van der Waals surface area contributed by atoms with E-state index in [9.17, 15) is 4.79 Å². The maximum Gasteiger partial charge on any atom is 0.309 e. The summed E-state index contributed by atoms with van der Waals surface area (Å²) in [5.41, 5.74) is 4.15. The van der Waals surface area contributed by atoms with Gasteiger partial charge in [0.05, 0.1) is 19.1 Å². The van der Waals surface area contributed by atoms with Crippen LogP contribution in [0.15, 0.2) is 24.3 Å². The molecule has 138 valence electrons. The molecule has 3 heterocycles. The van der Waals surface area contributed by atoms with Gasteiger partial charge in [0, 0.05) is 29.7 Å². The van der Waals surface area contributed by atoms with Crippen molar-refractivity contribution in [3.05, 3.63) is 35.5 Å². The van der Waals surface area contributed by atoms with Crippen LogP contribution in [0.4, 0.5) is 0 Å². The van der Waals surface area contributed by atoms with E-state index in [1.807, 2.05) is 0 Å². The second-order valence-electron chi connectivity index (χ2n) is 8.59. The molecule has 2 aromatic rings. The zero-order valence-electron chi connectivity index (χ0n) is 15.7. The van der Waals surface area contributed by atoms with E-state index in [2.05, 4.69) is 41.1 Å². The van der Waals surface area contributed by atoms with Crippen LogP contribution in [0.5, 0.6) is 0 Å². The summed E-state index contributed by atoms with van der Waals surface area (Å²) in [6.45, 7) is 4.50. The average Bonchev–Trinajstić information content (AvgIpc) is 3.05. The number of methoxy groups -OCH3 is 1. The van der Waals surface area contributed by atoms with E-state index in [4.69, 9.17) is 4.74 Å². The Morgan fingerprint density at radius 3 is 2.96 bits per heavy atom. The molecule has 1 saturated heterocycles. The zero-order chi connectivity index (χ0) is 17.8. The van der Waals surface area contributed by atoms with E-state index < -0.39 is 0 Å². The Kier molecular flexibility index (Phi) is 3.85. The van der Waals surface area contributed by atoms with Gasteiger partial charge >= 0.3 is 5.97 Å². The summed E-state index contributed by atoms with van der Waals surface area (Å²) in [6.07, 6.45) is 4.61. The van der Waals surface area contributed by atoms with Gasteiger partial charge in [-0.2, -0.15) is 0 Å². The smallest absolute Gasteiger partial charge is 0.309 e. The highest BCUT2D eigenvalue weighted by atomic mass is 16.5. The summed E-state index contributed by atoms with van der Waals surface area (Å²) in [6, 6.07) is 9.09. The highest BCUT2D eigenvalue weighted by molar-refractivity contribution is 5.85. The van der Waals surface area contributed by atoms with Crippen LogP contribution in [-0.4, -0.2) is 36.1 Å². The molecule has 0 radical (unpaired) electrons. The van der Waals surface area contributed by atoms with Crippen molar-refractivity contribution in [2.24, 2.45) is 23.7 Å². The average molecular weight is 352 g/mol. The largest absolute Gasteiger partial charge is 0.469 e. The van der Waals surface area contributed by atoms with Gasteiger partial charge in [-0.05, 0) is 55.1 Å². The number of carbonyl (C=O) groups is 1. The molecule has 0 amide bonds. The van der Waals surface area contributed by atoms with Gasteiger partial charge in [0.1, 0.15) is 0 Å². The van der Waals surface area contributed by atoms with E-state index in [1.165, 1.54) is 28.6 Å². The minimum Gasteiger partial charge on any atom is -0.469 e. The van der Waals surface area contributed by atoms with Gasteiger partial charge in [-0.1, -0.05) is 25.1 Å². The van der Waals surface area contributed by atoms with Crippen molar-refractivity contribution in [1.82, 2.24) is 9.88 Å². The first kappa shape index (κ1) is 16.4. The number of piperidine rings is 1. The Morgan fingerprint density at radius 2 is 2.12 bits per heavy atom. The number of H-pyrrole nitrogens is 1. The van der Waals surface area contributed by atoms with Crippen molar-refractivity contribution < 1.29 is 9.53 Å². The molecule has 1 aliphatic carbocycles. The number of rotatable bonds is 1.